The van der Waals surface area contributed by atoms with E-state index in [1.807, 2.05) is 6.92 Å². The van der Waals surface area contributed by atoms with Crippen molar-refractivity contribution in [1.29, 1.82) is 0 Å². The standard InChI is InChI=1S/C14H13N3O3/c1-8-2-3-12(15)11(4-8)13(18)17-10-5-9(14(19)20)6-16-7-10/h2-7H,15H2,1H3,(H,17,18)(H,19,20). The van der Waals surface area contributed by atoms with Gasteiger partial charge in [0.25, 0.3) is 5.91 Å². The summed E-state index contributed by atoms with van der Waals surface area (Å²) in [5.41, 5.74) is 7.65. The van der Waals surface area contributed by atoms with Crippen molar-refractivity contribution >= 4 is 23.3 Å². The van der Waals surface area contributed by atoms with Crippen molar-refractivity contribution < 1.29 is 14.7 Å². The first-order valence-corrected chi connectivity index (χ1v) is 5.83. The van der Waals surface area contributed by atoms with Crippen LogP contribution in [0.5, 0.6) is 0 Å². The number of rotatable bonds is 3. The summed E-state index contributed by atoms with van der Waals surface area (Å²) in [6.45, 7) is 1.85. The first-order valence-electron chi connectivity index (χ1n) is 5.83. The van der Waals surface area contributed by atoms with Gasteiger partial charge in [-0.2, -0.15) is 0 Å². The van der Waals surface area contributed by atoms with Gasteiger partial charge in [0.1, 0.15) is 0 Å². The number of nitrogens with two attached hydrogens (primary N) is 1. The first-order chi connectivity index (χ1) is 9.47. The van der Waals surface area contributed by atoms with Gasteiger partial charge in [-0.05, 0) is 25.1 Å². The third-order valence-electron chi connectivity index (χ3n) is 2.70. The Hall–Kier alpha value is -2.89. The Kier molecular flexibility index (Phi) is 3.65. The van der Waals surface area contributed by atoms with Crippen LogP contribution >= 0.6 is 0 Å². The lowest BCUT2D eigenvalue weighted by molar-refractivity contribution is 0.0696. The average Bonchev–Trinajstić information content (AvgIpc) is 2.41. The number of amides is 1. The van der Waals surface area contributed by atoms with Gasteiger partial charge in [0.05, 0.1) is 23.0 Å². The molecule has 102 valence electrons. The van der Waals surface area contributed by atoms with Gasteiger partial charge in [0, 0.05) is 11.9 Å². The predicted octanol–water partition coefficient (Wildman–Crippen LogP) is 1.92. The van der Waals surface area contributed by atoms with Crippen LogP contribution < -0.4 is 11.1 Å². The summed E-state index contributed by atoms with van der Waals surface area (Å²) in [7, 11) is 0. The molecule has 0 aliphatic rings. The van der Waals surface area contributed by atoms with Crippen molar-refractivity contribution in [1.82, 2.24) is 4.98 Å². The van der Waals surface area contributed by atoms with Crippen LogP contribution in [0.4, 0.5) is 11.4 Å². The van der Waals surface area contributed by atoms with E-state index in [1.165, 1.54) is 18.5 Å². The molecule has 1 amide bonds. The van der Waals surface area contributed by atoms with Crippen LogP contribution in [0.3, 0.4) is 0 Å². The number of nitrogens with zero attached hydrogens (tertiary/aromatic N) is 1. The fourth-order valence-corrected chi connectivity index (χ4v) is 1.69. The highest BCUT2D eigenvalue weighted by Gasteiger charge is 2.11. The Balaban J connectivity index is 2.25. The number of carbonyl (C=O) groups is 2. The van der Waals surface area contributed by atoms with Gasteiger partial charge in [-0.1, -0.05) is 11.6 Å². The summed E-state index contributed by atoms with van der Waals surface area (Å²) in [6.07, 6.45) is 2.58. The smallest absolute Gasteiger partial charge is 0.337 e. The number of benzene rings is 1. The second-order valence-electron chi connectivity index (χ2n) is 4.31. The zero-order chi connectivity index (χ0) is 14.7. The molecule has 4 N–H and O–H groups in total. The number of nitrogens with one attached hydrogen (secondary N) is 1. The molecule has 0 saturated heterocycles. The highest BCUT2D eigenvalue weighted by molar-refractivity contribution is 6.08. The summed E-state index contributed by atoms with van der Waals surface area (Å²) < 4.78 is 0. The highest BCUT2D eigenvalue weighted by atomic mass is 16.4. The van der Waals surface area contributed by atoms with Gasteiger partial charge in [0.15, 0.2) is 0 Å². The molecule has 0 fully saturated rings. The Morgan fingerprint density at radius 1 is 1.25 bits per heavy atom. The molecule has 2 aromatic rings. The molecule has 1 heterocycles. The van der Waals surface area contributed by atoms with Crippen LogP contribution in [-0.2, 0) is 0 Å². The molecule has 20 heavy (non-hydrogen) atoms. The molecule has 0 aliphatic heterocycles. The molecule has 0 radical (unpaired) electrons. The summed E-state index contributed by atoms with van der Waals surface area (Å²) in [5, 5.41) is 11.4. The van der Waals surface area contributed by atoms with Crippen molar-refractivity contribution in [2.24, 2.45) is 0 Å². The monoisotopic (exact) mass is 271 g/mol. The maximum Gasteiger partial charge on any atom is 0.337 e. The summed E-state index contributed by atoms with van der Waals surface area (Å²) in [4.78, 5) is 26.7. The highest BCUT2D eigenvalue weighted by Crippen LogP contribution is 2.16. The maximum absolute atomic E-state index is 12.1. The minimum absolute atomic E-state index is 0.0000131. The number of hydrogen-bond donors (Lipinski definition) is 3. The van der Waals surface area contributed by atoms with Crippen molar-refractivity contribution in [2.75, 3.05) is 11.1 Å². The van der Waals surface area contributed by atoms with Crippen LogP contribution in [0.2, 0.25) is 0 Å². The van der Waals surface area contributed by atoms with Gasteiger partial charge >= 0.3 is 5.97 Å². The predicted molar refractivity (Wildman–Crippen MR) is 74.7 cm³/mol. The molecule has 0 aliphatic carbocycles. The molecule has 0 unspecified atom stereocenters. The third-order valence-corrected chi connectivity index (χ3v) is 2.70. The van der Waals surface area contributed by atoms with Gasteiger partial charge in [-0.25, -0.2) is 4.79 Å². The molecular weight excluding hydrogens is 258 g/mol. The third kappa shape index (κ3) is 2.92. The van der Waals surface area contributed by atoms with Crippen molar-refractivity contribution in [3.8, 4) is 0 Å². The molecule has 0 saturated carbocycles. The van der Waals surface area contributed by atoms with Crippen molar-refractivity contribution in [3.05, 3.63) is 53.3 Å². The fourth-order valence-electron chi connectivity index (χ4n) is 1.69. The van der Waals surface area contributed by atoms with Gasteiger partial charge in [0.2, 0.25) is 0 Å². The molecule has 0 spiro atoms. The molecule has 1 aromatic carbocycles. The maximum atomic E-state index is 12.1. The second kappa shape index (κ2) is 5.40. The molecule has 6 nitrogen and oxygen atoms in total. The normalized spacial score (nSPS) is 10.1. The Labute approximate surface area is 115 Å². The minimum Gasteiger partial charge on any atom is -0.478 e. The number of anilines is 2. The van der Waals surface area contributed by atoms with E-state index in [2.05, 4.69) is 10.3 Å². The fraction of sp³-hybridized carbons (Fsp3) is 0.0714. The summed E-state index contributed by atoms with van der Waals surface area (Å²) in [5.74, 6) is -1.51. The number of nitrogen functional groups attached to an aromatic ring is 1. The lowest BCUT2D eigenvalue weighted by atomic mass is 10.1. The minimum atomic E-state index is -1.11. The number of aromatic nitrogens is 1. The number of carboxylic acids is 1. The van der Waals surface area contributed by atoms with Gasteiger partial charge in [-0.3, -0.25) is 9.78 Å². The number of pyridine rings is 1. The summed E-state index contributed by atoms with van der Waals surface area (Å²) in [6, 6.07) is 6.45. The molecule has 6 heteroatoms. The van der Waals surface area contributed by atoms with E-state index in [4.69, 9.17) is 10.8 Å². The topological polar surface area (TPSA) is 105 Å². The summed E-state index contributed by atoms with van der Waals surface area (Å²) >= 11 is 0. The average molecular weight is 271 g/mol. The van der Waals surface area contributed by atoms with Crippen molar-refractivity contribution in [3.63, 3.8) is 0 Å². The van der Waals surface area contributed by atoms with E-state index in [9.17, 15) is 9.59 Å². The first kappa shape index (κ1) is 13.5. The lowest BCUT2D eigenvalue weighted by Crippen LogP contribution is -2.15. The van der Waals surface area contributed by atoms with Crippen LogP contribution in [-0.4, -0.2) is 22.0 Å². The Bertz CT molecular complexity index is 683. The number of aromatic carboxylic acids is 1. The van der Waals surface area contributed by atoms with Crippen LogP contribution in [0.15, 0.2) is 36.7 Å². The molecule has 0 atom stereocenters. The number of aryl methyl sites for hydroxylation is 1. The Morgan fingerprint density at radius 2 is 2.00 bits per heavy atom. The van der Waals surface area contributed by atoms with E-state index in [0.29, 0.717) is 16.9 Å². The van der Waals surface area contributed by atoms with E-state index >= 15 is 0 Å². The molecule has 0 bridgehead atoms. The number of hydrogen-bond acceptors (Lipinski definition) is 4. The van der Waals surface area contributed by atoms with Gasteiger partial charge < -0.3 is 16.2 Å². The zero-order valence-corrected chi connectivity index (χ0v) is 10.8. The Morgan fingerprint density at radius 3 is 2.70 bits per heavy atom. The van der Waals surface area contributed by atoms with E-state index in [0.717, 1.165) is 5.56 Å². The van der Waals surface area contributed by atoms with E-state index in [1.54, 1.807) is 18.2 Å². The molecular formula is C14H13N3O3. The van der Waals surface area contributed by atoms with Gasteiger partial charge in [-0.15, -0.1) is 0 Å². The quantitative estimate of drug-likeness (QED) is 0.739. The van der Waals surface area contributed by atoms with E-state index in [-0.39, 0.29) is 5.56 Å². The largest absolute Gasteiger partial charge is 0.478 e. The number of carboxylic acid groups (broad SMARTS) is 1. The van der Waals surface area contributed by atoms with E-state index < -0.39 is 11.9 Å². The van der Waals surface area contributed by atoms with Crippen LogP contribution in [0.1, 0.15) is 26.3 Å². The van der Waals surface area contributed by atoms with Crippen LogP contribution in [0, 0.1) is 6.92 Å². The van der Waals surface area contributed by atoms with Crippen LogP contribution in [0.25, 0.3) is 0 Å². The SMILES string of the molecule is Cc1ccc(N)c(C(=O)Nc2cncc(C(=O)O)c2)c1. The van der Waals surface area contributed by atoms with Crippen molar-refractivity contribution in [2.45, 2.75) is 6.92 Å². The molecule has 1 aromatic heterocycles. The second-order valence-corrected chi connectivity index (χ2v) is 4.31. The zero-order valence-electron chi connectivity index (χ0n) is 10.8. The lowest BCUT2D eigenvalue weighted by Gasteiger charge is -2.08. The number of carbonyl (C=O) groups excluding carboxylic acids is 1. The molecule has 2 rings (SSSR count).